The van der Waals surface area contributed by atoms with Crippen molar-refractivity contribution in [1.29, 1.82) is 0 Å². The molecule has 6 aromatic heterocycles. The Morgan fingerprint density at radius 1 is 0.425 bits per heavy atom. The molecule has 0 spiro atoms. The first kappa shape index (κ1) is 53.1. The zero-order chi connectivity index (χ0) is 53.1. The Morgan fingerprint density at radius 3 is 1.29 bits per heavy atom. The van der Waals surface area contributed by atoms with Gasteiger partial charge in [-0.05, 0) is 43.7 Å². The van der Waals surface area contributed by atoms with E-state index in [1.165, 1.54) is 72.6 Å². The first-order chi connectivity index (χ1) is 34.7. The Morgan fingerprint density at radius 2 is 0.822 bits per heavy atom. The number of hydrogen-bond donors (Lipinski definition) is 10. The van der Waals surface area contributed by atoms with Crippen molar-refractivity contribution >= 4 is 87.5 Å². The van der Waals surface area contributed by atoms with Crippen molar-refractivity contribution in [2.45, 2.75) is 32.6 Å². The van der Waals surface area contributed by atoms with E-state index in [9.17, 15) is 43.2 Å². The van der Waals surface area contributed by atoms with Gasteiger partial charge in [0, 0.05) is 119 Å². The lowest BCUT2D eigenvalue weighted by Gasteiger charge is -2.06. The predicted octanol–water partition coefficient (Wildman–Crippen LogP) is 1.21. The van der Waals surface area contributed by atoms with Crippen LogP contribution in [0.4, 0.5) is 34.4 Å². The number of hydrogen-bond acceptors (Lipinski definition) is 12. The molecule has 73 heavy (non-hydrogen) atoms. The molecule has 9 amide bonds. The number of nitrogens with two attached hydrogens (primary N) is 1. The Balaban J connectivity index is 0.924. The summed E-state index contributed by atoms with van der Waals surface area (Å²) in [5, 5.41) is 24.2. The van der Waals surface area contributed by atoms with E-state index in [1.807, 2.05) is 0 Å². The molecular formula is C46H58N18O9. The Labute approximate surface area is 417 Å². The van der Waals surface area contributed by atoms with Gasteiger partial charge in [-0.3, -0.25) is 43.2 Å². The van der Waals surface area contributed by atoms with E-state index in [0.717, 1.165) is 0 Å². The van der Waals surface area contributed by atoms with Gasteiger partial charge in [0.1, 0.15) is 22.8 Å². The molecule has 0 bridgehead atoms. The lowest BCUT2D eigenvalue weighted by Crippen LogP contribution is -2.32. The summed E-state index contributed by atoms with van der Waals surface area (Å²) in [5.74, 6) is -4.03. The van der Waals surface area contributed by atoms with E-state index >= 15 is 0 Å². The minimum atomic E-state index is -0.676. The molecule has 27 nitrogen and oxygen atoms in total. The zero-order valence-corrected chi connectivity index (χ0v) is 41.3. The van der Waals surface area contributed by atoms with Crippen molar-refractivity contribution in [1.82, 2.24) is 53.3 Å². The van der Waals surface area contributed by atoms with Crippen molar-refractivity contribution in [3.05, 3.63) is 95.9 Å². The van der Waals surface area contributed by atoms with Crippen molar-refractivity contribution in [2.75, 3.05) is 58.1 Å². The van der Waals surface area contributed by atoms with Gasteiger partial charge in [-0.1, -0.05) is 0 Å². The fraction of sp³-hybridized carbons (Fsp3) is 0.326. The molecule has 6 rings (SSSR count). The van der Waals surface area contributed by atoms with Crippen LogP contribution in [-0.2, 0) is 56.7 Å². The Bertz CT molecular complexity index is 3090. The minimum absolute atomic E-state index is 0.00184. The molecule has 0 unspecified atom stereocenters. The number of anilines is 6. The molecule has 0 saturated heterocycles. The second-order valence-corrected chi connectivity index (χ2v) is 16.9. The van der Waals surface area contributed by atoms with Crippen LogP contribution in [0, 0.1) is 0 Å². The molecule has 0 atom stereocenters. The van der Waals surface area contributed by atoms with Crippen LogP contribution >= 0.6 is 0 Å². The van der Waals surface area contributed by atoms with Crippen LogP contribution in [0.2, 0.25) is 0 Å². The summed E-state index contributed by atoms with van der Waals surface area (Å²) in [6.07, 6.45) is 10.1. The van der Waals surface area contributed by atoms with E-state index < -0.39 is 41.4 Å². The molecule has 386 valence electrons. The van der Waals surface area contributed by atoms with Crippen LogP contribution in [0.1, 0.15) is 95.8 Å². The van der Waals surface area contributed by atoms with Crippen molar-refractivity contribution in [3.63, 3.8) is 0 Å². The molecule has 27 heteroatoms. The number of carbonyl (C=O) groups is 9. The number of carbonyl (C=O) groups excluding carboxylic acids is 9. The fourth-order valence-electron chi connectivity index (χ4n) is 7.41. The number of nitrogens with zero attached hydrogens (tertiary/aromatic N) is 8. The highest BCUT2D eigenvalue weighted by Gasteiger charge is 2.23. The van der Waals surface area contributed by atoms with Crippen LogP contribution in [-0.4, -0.2) is 117 Å². The number of aromatic nitrogens is 8. The van der Waals surface area contributed by atoms with E-state index in [0.29, 0.717) is 42.3 Å². The third kappa shape index (κ3) is 14.0. The predicted molar refractivity (Wildman–Crippen MR) is 268 cm³/mol. The quantitative estimate of drug-likeness (QED) is 0.0429. The fourth-order valence-corrected chi connectivity index (χ4v) is 7.41. The summed E-state index contributed by atoms with van der Waals surface area (Å²) >= 11 is 0. The van der Waals surface area contributed by atoms with Gasteiger partial charge in [-0.25, -0.2) is 9.97 Å². The van der Waals surface area contributed by atoms with Crippen LogP contribution in [0.3, 0.4) is 0 Å². The summed E-state index contributed by atoms with van der Waals surface area (Å²) in [5.41, 5.74) is 7.90. The highest BCUT2D eigenvalue weighted by Crippen LogP contribution is 2.21. The number of imidazole rings is 2. The van der Waals surface area contributed by atoms with Crippen LogP contribution in [0.5, 0.6) is 0 Å². The molecule has 6 aromatic rings. The lowest BCUT2D eigenvalue weighted by atomic mass is 10.3. The molecule has 0 aliphatic rings. The highest BCUT2D eigenvalue weighted by molar-refractivity contribution is 6.08. The van der Waals surface area contributed by atoms with Gasteiger partial charge < -0.3 is 81.0 Å². The van der Waals surface area contributed by atoms with Gasteiger partial charge in [0.25, 0.3) is 35.4 Å². The standard InChI is InChI=1S/C46H58N18O9/c1-26(65)51-27-16-33(61(4)20-27)43(70)53-29-19-34(62(5)22-29)44(71)52-28-17-31(59(2)21-28)41(68)49-13-8-10-38(67)55-35-24-63(6)40(56-35)46(73)58-36-25-64(7)39(57-36)45(72)54-30-18-32(60(3)23-30)42(69)50-15-11-37(66)48-14-9-12-47/h16-25H,8-15,47H2,1-7H3,(H,48,66)(H,49,68)(H,50,69)(H,51,65)(H,52,71)(H,53,70)(H,54,72)(H,55,67)(H,58,73). The molecule has 0 saturated carbocycles. The normalized spacial score (nSPS) is 10.8. The molecule has 0 radical (unpaired) electrons. The molecule has 0 aliphatic carbocycles. The number of rotatable bonds is 22. The van der Waals surface area contributed by atoms with Crippen LogP contribution in [0.25, 0.3) is 0 Å². The first-order valence-electron chi connectivity index (χ1n) is 22.8. The molecule has 0 aromatic carbocycles. The highest BCUT2D eigenvalue weighted by atomic mass is 16.2. The SMILES string of the molecule is CC(=O)Nc1cc(C(=O)Nc2cc(C(=O)Nc3cc(C(=O)NCCCC(=O)Nc4cn(C)c(C(=O)Nc5cn(C)c(C(=O)Nc6cc(C(=O)NCCC(=O)NCCCN)n(C)c6)n5)n4)n(C)c3)n(C)c2)n(C)c1. The molecular weight excluding hydrogens is 949 g/mol. The molecule has 6 heterocycles. The van der Waals surface area contributed by atoms with Crippen molar-refractivity contribution in [2.24, 2.45) is 48.0 Å². The molecule has 11 N–H and O–H groups in total. The third-order valence-corrected chi connectivity index (χ3v) is 10.9. The van der Waals surface area contributed by atoms with E-state index in [2.05, 4.69) is 57.8 Å². The van der Waals surface area contributed by atoms with Crippen molar-refractivity contribution < 1.29 is 43.2 Å². The Hall–Kier alpha value is -9.27. The van der Waals surface area contributed by atoms with Gasteiger partial charge in [-0.15, -0.1) is 0 Å². The molecule has 0 aliphatic heterocycles. The second-order valence-electron chi connectivity index (χ2n) is 16.9. The lowest BCUT2D eigenvalue weighted by molar-refractivity contribution is -0.121. The minimum Gasteiger partial charge on any atom is -0.356 e. The smallest absolute Gasteiger partial charge is 0.292 e. The zero-order valence-electron chi connectivity index (χ0n) is 41.3. The topological polar surface area (TPSA) is 343 Å². The maximum atomic E-state index is 13.2. The van der Waals surface area contributed by atoms with Gasteiger partial charge in [-0.2, -0.15) is 0 Å². The third-order valence-electron chi connectivity index (χ3n) is 10.9. The summed E-state index contributed by atoms with van der Waals surface area (Å²) < 4.78 is 8.95. The van der Waals surface area contributed by atoms with Gasteiger partial charge in [0.2, 0.25) is 29.4 Å². The average Bonchev–Trinajstić information content (AvgIpc) is 4.18. The van der Waals surface area contributed by atoms with Crippen LogP contribution < -0.4 is 53.6 Å². The Kier molecular flexibility index (Phi) is 17.1. The van der Waals surface area contributed by atoms with Crippen molar-refractivity contribution in [3.8, 4) is 0 Å². The largest absolute Gasteiger partial charge is 0.356 e. The van der Waals surface area contributed by atoms with E-state index in [4.69, 9.17) is 5.73 Å². The number of nitrogens with one attached hydrogen (secondary N) is 9. The van der Waals surface area contributed by atoms with E-state index in [-0.39, 0.29) is 90.2 Å². The number of aryl methyl sites for hydroxylation is 6. The maximum absolute atomic E-state index is 13.2. The monoisotopic (exact) mass is 1010 g/mol. The van der Waals surface area contributed by atoms with Gasteiger partial charge in [0.15, 0.2) is 11.6 Å². The number of amides is 9. The van der Waals surface area contributed by atoms with Gasteiger partial charge in [0.05, 0.1) is 22.7 Å². The van der Waals surface area contributed by atoms with E-state index in [1.54, 1.807) is 65.4 Å². The summed E-state index contributed by atoms with van der Waals surface area (Å²) in [6.45, 7) is 2.52. The first-order valence-corrected chi connectivity index (χ1v) is 22.8. The molecule has 0 fully saturated rings. The van der Waals surface area contributed by atoms with Gasteiger partial charge >= 0.3 is 0 Å². The maximum Gasteiger partial charge on any atom is 0.292 e. The average molecular weight is 1010 g/mol. The summed E-state index contributed by atoms with van der Waals surface area (Å²) in [6, 6.07) is 6.00. The second kappa shape index (κ2) is 23.6. The summed E-state index contributed by atoms with van der Waals surface area (Å²) in [7, 11) is 9.68. The van der Waals surface area contributed by atoms with Crippen LogP contribution in [0.15, 0.2) is 61.4 Å². The summed E-state index contributed by atoms with van der Waals surface area (Å²) in [4.78, 5) is 123.